The van der Waals surface area contributed by atoms with Gasteiger partial charge in [0, 0.05) is 24.3 Å². The Labute approximate surface area is 122 Å². The fourth-order valence-electron chi connectivity index (χ4n) is 1.51. The van der Waals surface area contributed by atoms with Crippen LogP contribution >= 0.6 is 15.9 Å². The fraction of sp³-hybridized carbons (Fsp3) is 0.0769. The minimum absolute atomic E-state index is 0.0497. The van der Waals surface area contributed by atoms with E-state index in [1.54, 1.807) is 0 Å². The number of ether oxygens (including phenoxy) is 2. The van der Waals surface area contributed by atoms with Gasteiger partial charge in [-0.05, 0) is 28.1 Å². The van der Waals surface area contributed by atoms with Crippen molar-refractivity contribution in [2.45, 2.75) is 0 Å². The summed E-state index contributed by atoms with van der Waals surface area (Å²) in [5.41, 5.74) is -0.0497. The molecule has 2 aromatic carbocycles. The topological polar surface area (TPSA) is 61.6 Å². The van der Waals surface area contributed by atoms with E-state index in [0.29, 0.717) is 11.5 Å². The molecule has 0 aliphatic rings. The first-order valence-electron chi connectivity index (χ1n) is 5.46. The van der Waals surface area contributed by atoms with Gasteiger partial charge in [-0.2, -0.15) is 0 Å². The first-order valence-corrected chi connectivity index (χ1v) is 6.26. The molecular weight excluding hydrogens is 333 g/mol. The first-order chi connectivity index (χ1) is 9.51. The number of benzene rings is 2. The molecule has 0 N–H and O–H groups in total. The Morgan fingerprint density at radius 3 is 2.40 bits per heavy atom. The van der Waals surface area contributed by atoms with Crippen LogP contribution in [0.25, 0.3) is 0 Å². The highest BCUT2D eigenvalue weighted by Crippen LogP contribution is 2.35. The maximum atomic E-state index is 13.5. The molecule has 0 spiro atoms. The van der Waals surface area contributed by atoms with Crippen LogP contribution in [0.2, 0.25) is 0 Å². The summed E-state index contributed by atoms with van der Waals surface area (Å²) in [5, 5.41) is 10.5. The fourth-order valence-corrected chi connectivity index (χ4v) is 1.83. The maximum absolute atomic E-state index is 13.5. The summed E-state index contributed by atoms with van der Waals surface area (Å²) in [5.74, 6) is 0.372. The van der Waals surface area contributed by atoms with Crippen LogP contribution < -0.4 is 9.47 Å². The summed E-state index contributed by atoms with van der Waals surface area (Å²) < 4.78 is 24.3. The largest absolute Gasteiger partial charge is 0.493 e. The second-order valence-electron chi connectivity index (χ2n) is 3.77. The molecule has 0 aromatic heterocycles. The Morgan fingerprint density at radius 2 is 1.85 bits per heavy atom. The summed E-state index contributed by atoms with van der Waals surface area (Å²) in [7, 11) is 1.43. The smallest absolute Gasteiger partial charge is 0.269 e. The summed E-state index contributed by atoms with van der Waals surface area (Å²) in [6.45, 7) is 0. The van der Waals surface area contributed by atoms with Crippen molar-refractivity contribution in [3.63, 3.8) is 0 Å². The second-order valence-corrected chi connectivity index (χ2v) is 4.62. The average molecular weight is 342 g/mol. The van der Waals surface area contributed by atoms with Crippen molar-refractivity contribution in [1.82, 2.24) is 0 Å². The number of nitrogens with zero attached hydrogens (tertiary/aromatic N) is 1. The van der Waals surface area contributed by atoms with Crippen molar-refractivity contribution in [2.75, 3.05) is 7.11 Å². The normalized spacial score (nSPS) is 10.2. The predicted octanol–water partition coefficient (Wildman–Crippen LogP) is 4.30. The van der Waals surface area contributed by atoms with Gasteiger partial charge in [0.1, 0.15) is 11.6 Å². The van der Waals surface area contributed by atoms with Crippen molar-refractivity contribution in [3.05, 3.63) is 56.8 Å². The zero-order chi connectivity index (χ0) is 14.7. The minimum atomic E-state index is -0.510. The van der Waals surface area contributed by atoms with Crippen LogP contribution in [0.3, 0.4) is 0 Å². The summed E-state index contributed by atoms with van der Waals surface area (Å²) in [6, 6.07) is 8.07. The Hall–Kier alpha value is -2.15. The average Bonchev–Trinajstić information content (AvgIpc) is 2.43. The molecular formula is C13H9BrFNO4. The lowest BCUT2D eigenvalue weighted by molar-refractivity contribution is -0.384. The van der Waals surface area contributed by atoms with Gasteiger partial charge in [-0.3, -0.25) is 10.1 Å². The van der Waals surface area contributed by atoms with Gasteiger partial charge in [-0.1, -0.05) is 0 Å². The molecule has 0 bridgehead atoms. The number of hydrogen-bond acceptors (Lipinski definition) is 4. The minimum Gasteiger partial charge on any atom is -0.493 e. The third kappa shape index (κ3) is 3.05. The molecule has 7 heteroatoms. The van der Waals surface area contributed by atoms with E-state index in [-0.39, 0.29) is 15.9 Å². The first kappa shape index (κ1) is 14.3. The van der Waals surface area contributed by atoms with E-state index in [1.165, 1.54) is 43.5 Å². The molecule has 0 amide bonds. The highest BCUT2D eigenvalue weighted by Gasteiger charge is 2.12. The molecule has 104 valence electrons. The third-order valence-electron chi connectivity index (χ3n) is 2.48. The predicted molar refractivity (Wildman–Crippen MR) is 73.8 cm³/mol. The Bertz CT molecular complexity index is 646. The van der Waals surface area contributed by atoms with E-state index in [4.69, 9.17) is 9.47 Å². The van der Waals surface area contributed by atoms with Gasteiger partial charge in [-0.15, -0.1) is 0 Å². The number of non-ortho nitro benzene ring substituents is 1. The SMILES string of the molecule is COc1cc(Br)c(F)cc1Oc1ccc([N+](=O)[O-])cc1. The van der Waals surface area contributed by atoms with Gasteiger partial charge < -0.3 is 9.47 Å². The van der Waals surface area contributed by atoms with E-state index in [1.807, 2.05) is 0 Å². The van der Waals surface area contributed by atoms with Crippen LogP contribution in [0.5, 0.6) is 17.2 Å². The molecule has 5 nitrogen and oxygen atoms in total. The molecule has 2 rings (SSSR count). The standard InChI is InChI=1S/C13H9BrFNO4/c1-19-12-6-10(14)11(15)7-13(12)20-9-4-2-8(3-5-9)16(17)18/h2-7H,1H3. The van der Waals surface area contributed by atoms with Crippen molar-refractivity contribution < 1.29 is 18.8 Å². The van der Waals surface area contributed by atoms with Crippen LogP contribution in [-0.2, 0) is 0 Å². The van der Waals surface area contributed by atoms with Crippen molar-refractivity contribution in [2.24, 2.45) is 0 Å². The zero-order valence-electron chi connectivity index (χ0n) is 10.3. The molecule has 2 aromatic rings. The van der Waals surface area contributed by atoms with Crippen LogP contribution in [-0.4, -0.2) is 12.0 Å². The van der Waals surface area contributed by atoms with Crippen LogP contribution in [0.15, 0.2) is 40.9 Å². The number of rotatable bonds is 4. The van der Waals surface area contributed by atoms with Gasteiger partial charge in [0.25, 0.3) is 5.69 Å². The highest BCUT2D eigenvalue weighted by atomic mass is 79.9. The van der Waals surface area contributed by atoms with Crippen molar-refractivity contribution in [3.8, 4) is 17.2 Å². The number of hydrogen-bond donors (Lipinski definition) is 0. The monoisotopic (exact) mass is 341 g/mol. The van der Waals surface area contributed by atoms with E-state index in [9.17, 15) is 14.5 Å². The van der Waals surface area contributed by atoms with Crippen LogP contribution in [0, 0.1) is 15.9 Å². The number of halogens is 2. The Balaban J connectivity index is 2.29. The zero-order valence-corrected chi connectivity index (χ0v) is 11.9. The number of nitro benzene ring substituents is 1. The maximum Gasteiger partial charge on any atom is 0.269 e. The lowest BCUT2D eigenvalue weighted by atomic mass is 10.3. The van der Waals surface area contributed by atoms with Crippen molar-refractivity contribution >= 4 is 21.6 Å². The number of methoxy groups -OCH3 is 1. The van der Waals surface area contributed by atoms with Gasteiger partial charge in [0.2, 0.25) is 0 Å². The van der Waals surface area contributed by atoms with Crippen LogP contribution in [0.1, 0.15) is 0 Å². The van der Waals surface area contributed by atoms with Crippen LogP contribution in [0.4, 0.5) is 10.1 Å². The van der Waals surface area contributed by atoms with E-state index in [2.05, 4.69) is 15.9 Å². The van der Waals surface area contributed by atoms with Gasteiger partial charge in [0.05, 0.1) is 16.5 Å². The molecule has 0 saturated heterocycles. The molecule has 0 heterocycles. The third-order valence-corrected chi connectivity index (χ3v) is 3.09. The summed E-state index contributed by atoms with van der Waals surface area (Å²) in [4.78, 5) is 10.0. The quantitative estimate of drug-likeness (QED) is 0.614. The van der Waals surface area contributed by atoms with E-state index in [0.717, 1.165) is 0 Å². The highest BCUT2D eigenvalue weighted by molar-refractivity contribution is 9.10. The summed E-state index contributed by atoms with van der Waals surface area (Å²) >= 11 is 3.05. The Kier molecular flexibility index (Phi) is 4.19. The molecule has 20 heavy (non-hydrogen) atoms. The van der Waals surface area contributed by atoms with E-state index >= 15 is 0 Å². The van der Waals surface area contributed by atoms with Gasteiger partial charge in [0.15, 0.2) is 11.5 Å². The Morgan fingerprint density at radius 1 is 1.20 bits per heavy atom. The molecule has 0 aliphatic carbocycles. The lowest BCUT2D eigenvalue weighted by Crippen LogP contribution is -1.93. The molecule has 0 aliphatic heterocycles. The molecule has 0 atom stereocenters. The summed E-state index contributed by atoms with van der Waals surface area (Å²) in [6.07, 6.45) is 0. The molecule has 0 saturated carbocycles. The molecule has 0 fully saturated rings. The van der Waals surface area contributed by atoms with Gasteiger partial charge in [-0.25, -0.2) is 4.39 Å². The van der Waals surface area contributed by atoms with Gasteiger partial charge >= 0.3 is 0 Å². The lowest BCUT2D eigenvalue weighted by Gasteiger charge is -2.11. The molecule has 0 unspecified atom stereocenters. The number of nitro groups is 1. The second kappa shape index (κ2) is 5.87. The van der Waals surface area contributed by atoms with E-state index < -0.39 is 10.7 Å². The van der Waals surface area contributed by atoms with Crippen molar-refractivity contribution in [1.29, 1.82) is 0 Å². The molecule has 0 radical (unpaired) electrons.